The molecular formula is C22H25N3O5S. The fraction of sp³-hybridized carbons (Fsp3) is 0.409. The highest BCUT2D eigenvalue weighted by atomic mass is 32.2. The fourth-order valence-electron chi connectivity index (χ4n) is 4.00. The summed E-state index contributed by atoms with van der Waals surface area (Å²) in [5.41, 5.74) is 1.71. The highest BCUT2D eigenvalue weighted by molar-refractivity contribution is 7.91. The molecule has 0 unspecified atom stereocenters. The number of nitrogens with one attached hydrogen (secondary N) is 1. The molecule has 4 rings (SSSR count). The van der Waals surface area contributed by atoms with E-state index in [0.717, 1.165) is 11.3 Å². The Kier molecular flexibility index (Phi) is 6.22. The van der Waals surface area contributed by atoms with Crippen LogP contribution in [0.5, 0.6) is 5.75 Å². The summed E-state index contributed by atoms with van der Waals surface area (Å²) in [6.07, 6.45) is 2.29. The quantitative estimate of drug-likeness (QED) is 0.692. The van der Waals surface area contributed by atoms with E-state index in [1.807, 2.05) is 42.5 Å². The lowest BCUT2D eigenvalue weighted by atomic mass is 10.1. The minimum atomic E-state index is -3.08. The summed E-state index contributed by atoms with van der Waals surface area (Å²) in [6.45, 7) is 0.952. The summed E-state index contributed by atoms with van der Waals surface area (Å²) in [5, 5.41) is 2.89. The first-order valence-electron chi connectivity index (χ1n) is 10.3. The van der Waals surface area contributed by atoms with Gasteiger partial charge in [0.1, 0.15) is 12.4 Å². The van der Waals surface area contributed by atoms with Crippen LogP contribution in [0.3, 0.4) is 0 Å². The molecule has 2 aliphatic heterocycles. The van der Waals surface area contributed by atoms with Crippen molar-refractivity contribution < 1.29 is 22.7 Å². The van der Waals surface area contributed by atoms with E-state index < -0.39 is 15.8 Å². The second kappa shape index (κ2) is 9.05. The molecule has 2 saturated heterocycles. The molecule has 2 aliphatic rings. The van der Waals surface area contributed by atoms with Crippen LogP contribution in [-0.2, 0) is 32.6 Å². The van der Waals surface area contributed by atoms with Gasteiger partial charge in [0.25, 0.3) is 0 Å². The fourth-order valence-corrected chi connectivity index (χ4v) is 5.73. The zero-order valence-corrected chi connectivity index (χ0v) is 17.9. The standard InChI is InChI=1S/C22H25N3O5S/c26-21-11-17(13-25(21)19-7-9-31(28,29)15-19)22(27)24-12-16-4-3-6-20(10-16)30-14-18-5-1-2-8-23-18/h1-6,8,10,17,19H,7,9,11-15H2,(H,24,27)/t17-,19+/m0/s1. The largest absolute Gasteiger partial charge is 0.487 e. The molecule has 3 heterocycles. The predicted molar refractivity (Wildman–Crippen MR) is 114 cm³/mol. The van der Waals surface area contributed by atoms with Crippen molar-refractivity contribution in [1.82, 2.24) is 15.2 Å². The van der Waals surface area contributed by atoms with Gasteiger partial charge in [-0.3, -0.25) is 14.6 Å². The first-order valence-corrected chi connectivity index (χ1v) is 12.1. The van der Waals surface area contributed by atoms with Crippen LogP contribution in [0.15, 0.2) is 48.7 Å². The van der Waals surface area contributed by atoms with Crippen LogP contribution in [0.4, 0.5) is 0 Å². The van der Waals surface area contributed by atoms with Gasteiger partial charge in [0.05, 0.1) is 23.1 Å². The average Bonchev–Trinajstić information content (AvgIpc) is 3.33. The van der Waals surface area contributed by atoms with E-state index >= 15 is 0 Å². The van der Waals surface area contributed by atoms with E-state index in [-0.39, 0.29) is 42.3 Å². The molecule has 1 N–H and O–H groups in total. The van der Waals surface area contributed by atoms with Crippen LogP contribution < -0.4 is 10.1 Å². The second-order valence-electron chi connectivity index (χ2n) is 7.98. The molecule has 2 atom stereocenters. The van der Waals surface area contributed by atoms with Crippen molar-refractivity contribution in [3.05, 3.63) is 59.9 Å². The molecule has 8 nitrogen and oxygen atoms in total. The molecule has 31 heavy (non-hydrogen) atoms. The van der Waals surface area contributed by atoms with Crippen molar-refractivity contribution in [3.63, 3.8) is 0 Å². The first kappa shape index (κ1) is 21.3. The Hall–Kier alpha value is -2.94. The van der Waals surface area contributed by atoms with Gasteiger partial charge in [-0.25, -0.2) is 8.42 Å². The normalized spacial score (nSPS) is 22.5. The number of hydrogen-bond donors (Lipinski definition) is 1. The number of likely N-dealkylation sites (tertiary alicyclic amines) is 1. The Morgan fingerprint density at radius 1 is 1.23 bits per heavy atom. The Morgan fingerprint density at radius 3 is 2.84 bits per heavy atom. The van der Waals surface area contributed by atoms with E-state index in [1.54, 1.807) is 11.1 Å². The molecule has 0 aliphatic carbocycles. The molecule has 2 aromatic rings. The molecule has 0 saturated carbocycles. The molecular weight excluding hydrogens is 418 g/mol. The summed E-state index contributed by atoms with van der Waals surface area (Å²) >= 11 is 0. The maximum Gasteiger partial charge on any atom is 0.225 e. The third-order valence-electron chi connectivity index (χ3n) is 5.66. The van der Waals surface area contributed by atoms with Gasteiger partial charge >= 0.3 is 0 Å². The van der Waals surface area contributed by atoms with E-state index in [9.17, 15) is 18.0 Å². The average molecular weight is 444 g/mol. The topological polar surface area (TPSA) is 106 Å². The number of carbonyl (C=O) groups is 2. The van der Waals surface area contributed by atoms with E-state index in [0.29, 0.717) is 25.3 Å². The van der Waals surface area contributed by atoms with Crippen molar-refractivity contribution in [2.45, 2.75) is 32.0 Å². The zero-order chi connectivity index (χ0) is 21.8. The van der Waals surface area contributed by atoms with Gasteiger partial charge < -0.3 is 15.0 Å². The molecule has 2 fully saturated rings. The highest BCUT2D eigenvalue weighted by Gasteiger charge is 2.41. The molecule has 1 aromatic heterocycles. The first-order chi connectivity index (χ1) is 14.9. The smallest absolute Gasteiger partial charge is 0.225 e. The maximum absolute atomic E-state index is 12.6. The Bertz CT molecular complexity index is 1060. The maximum atomic E-state index is 12.6. The lowest BCUT2D eigenvalue weighted by molar-refractivity contribution is -0.130. The molecule has 1 aromatic carbocycles. The number of aromatic nitrogens is 1. The van der Waals surface area contributed by atoms with E-state index in [4.69, 9.17) is 4.74 Å². The number of pyridine rings is 1. The van der Waals surface area contributed by atoms with Crippen LogP contribution in [0.2, 0.25) is 0 Å². The van der Waals surface area contributed by atoms with Crippen LogP contribution in [0, 0.1) is 5.92 Å². The summed E-state index contributed by atoms with van der Waals surface area (Å²) < 4.78 is 29.2. The Morgan fingerprint density at radius 2 is 2.10 bits per heavy atom. The molecule has 0 spiro atoms. The number of sulfone groups is 1. The number of carbonyl (C=O) groups excluding carboxylic acids is 2. The number of rotatable bonds is 7. The molecule has 0 radical (unpaired) electrons. The van der Waals surface area contributed by atoms with Crippen molar-refractivity contribution >= 4 is 21.7 Å². The third kappa shape index (κ3) is 5.41. The second-order valence-corrected chi connectivity index (χ2v) is 10.2. The van der Waals surface area contributed by atoms with Crippen molar-refractivity contribution in [2.24, 2.45) is 5.92 Å². The lowest BCUT2D eigenvalue weighted by Gasteiger charge is -2.22. The summed E-state index contributed by atoms with van der Waals surface area (Å²) in [4.78, 5) is 30.7. The van der Waals surface area contributed by atoms with E-state index in [2.05, 4.69) is 10.3 Å². The van der Waals surface area contributed by atoms with Crippen LogP contribution in [0.1, 0.15) is 24.1 Å². The monoisotopic (exact) mass is 443 g/mol. The molecule has 9 heteroatoms. The minimum absolute atomic E-state index is 0.00161. The summed E-state index contributed by atoms with van der Waals surface area (Å²) in [5.74, 6) is -0.0137. The molecule has 0 bridgehead atoms. The minimum Gasteiger partial charge on any atom is -0.487 e. The van der Waals surface area contributed by atoms with Crippen LogP contribution in [-0.4, -0.2) is 54.2 Å². The van der Waals surface area contributed by atoms with Crippen LogP contribution in [0.25, 0.3) is 0 Å². The predicted octanol–water partition coefficient (Wildman–Crippen LogP) is 1.31. The van der Waals surface area contributed by atoms with E-state index in [1.165, 1.54) is 0 Å². The summed E-state index contributed by atoms with van der Waals surface area (Å²) in [7, 11) is -3.08. The van der Waals surface area contributed by atoms with Gasteiger partial charge in [0.15, 0.2) is 9.84 Å². The number of ether oxygens (including phenoxy) is 1. The number of benzene rings is 1. The Balaban J connectivity index is 1.28. The van der Waals surface area contributed by atoms with Gasteiger partial charge in [-0.15, -0.1) is 0 Å². The van der Waals surface area contributed by atoms with Gasteiger partial charge in [-0.05, 0) is 36.2 Å². The van der Waals surface area contributed by atoms with Gasteiger partial charge in [-0.1, -0.05) is 18.2 Å². The number of amides is 2. The van der Waals surface area contributed by atoms with Crippen molar-refractivity contribution in [1.29, 1.82) is 0 Å². The SMILES string of the molecule is O=C(NCc1cccc(OCc2ccccn2)c1)[C@H]1CC(=O)N([C@@H]2CCS(=O)(=O)C2)C1. The number of nitrogens with zero attached hydrogens (tertiary/aromatic N) is 2. The zero-order valence-electron chi connectivity index (χ0n) is 17.1. The van der Waals surface area contributed by atoms with Crippen LogP contribution >= 0.6 is 0 Å². The summed E-state index contributed by atoms with van der Waals surface area (Å²) in [6, 6.07) is 12.8. The van der Waals surface area contributed by atoms with Gasteiger partial charge in [-0.2, -0.15) is 0 Å². The Labute approximate surface area is 181 Å². The van der Waals surface area contributed by atoms with Crippen molar-refractivity contribution in [3.8, 4) is 5.75 Å². The lowest BCUT2D eigenvalue weighted by Crippen LogP contribution is -2.39. The molecule has 164 valence electrons. The van der Waals surface area contributed by atoms with Gasteiger partial charge in [0.2, 0.25) is 11.8 Å². The molecule has 2 amide bonds. The number of hydrogen-bond acceptors (Lipinski definition) is 6. The van der Waals surface area contributed by atoms with Gasteiger partial charge in [0, 0.05) is 31.7 Å². The third-order valence-corrected chi connectivity index (χ3v) is 7.41. The van der Waals surface area contributed by atoms with Crippen molar-refractivity contribution in [2.75, 3.05) is 18.1 Å². The highest BCUT2D eigenvalue weighted by Crippen LogP contribution is 2.26.